The van der Waals surface area contributed by atoms with E-state index in [-0.39, 0.29) is 16.7 Å². The zero-order valence-corrected chi connectivity index (χ0v) is 15.6. The van der Waals surface area contributed by atoms with E-state index in [1.165, 1.54) is 22.2 Å². The number of nitrogens with zero attached hydrogens (tertiary/aromatic N) is 3. The van der Waals surface area contributed by atoms with Crippen LogP contribution in [0.1, 0.15) is 36.6 Å². The number of likely N-dealkylation sites (tertiary alicyclic amines) is 1. The van der Waals surface area contributed by atoms with Gasteiger partial charge in [-0.1, -0.05) is 11.8 Å². The molecule has 1 atom stereocenters. The maximum Gasteiger partial charge on any atom is 0.262 e. The molecule has 2 aliphatic rings. The van der Waals surface area contributed by atoms with Crippen molar-refractivity contribution >= 4 is 39.2 Å². The molecular formula is C17H21N3O2S2. The third-order valence-corrected chi connectivity index (χ3v) is 7.27. The Bertz CT molecular complexity index is 865. The number of aromatic nitrogens is 2. The van der Waals surface area contributed by atoms with Crippen molar-refractivity contribution in [2.45, 2.75) is 49.4 Å². The molecular weight excluding hydrogens is 342 g/mol. The second kappa shape index (κ2) is 6.19. The molecule has 0 N–H and O–H groups in total. The molecule has 5 nitrogen and oxygen atoms in total. The molecule has 0 bridgehead atoms. The van der Waals surface area contributed by atoms with Gasteiger partial charge in [0.2, 0.25) is 5.91 Å². The Labute approximate surface area is 149 Å². The summed E-state index contributed by atoms with van der Waals surface area (Å²) >= 11 is 3.05. The average molecular weight is 364 g/mol. The van der Waals surface area contributed by atoms with E-state index < -0.39 is 0 Å². The average Bonchev–Trinajstić information content (AvgIpc) is 3.27. The van der Waals surface area contributed by atoms with Gasteiger partial charge >= 0.3 is 0 Å². The smallest absolute Gasteiger partial charge is 0.262 e. The highest BCUT2D eigenvalue weighted by molar-refractivity contribution is 8.00. The number of fused-ring (bicyclic) bond motifs is 3. The predicted molar refractivity (Wildman–Crippen MR) is 98.0 cm³/mol. The molecule has 1 aliphatic carbocycles. The minimum atomic E-state index is -0.217. The fourth-order valence-corrected chi connectivity index (χ4v) is 5.87. The van der Waals surface area contributed by atoms with Crippen molar-refractivity contribution in [1.82, 2.24) is 14.5 Å². The molecule has 0 spiro atoms. The van der Waals surface area contributed by atoms with Crippen LogP contribution in [0.15, 0.2) is 9.95 Å². The van der Waals surface area contributed by atoms with Crippen LogP contribution < -0.4 is 5.56 Å². The van der Waals surface area contributed by atoms with Crippen LogP contribution in [0, 0.1) is 0 Å². The number of thioether (sulfide) groups is 1. The van der Waals surface area contributed by atoms with Gasteiger partial charge in [0.15, 0.2) is 5.16 Å². The van der Waals surface area contributed by atoms with E-state index in [9.17, 15) is 9.59 Å². The maximum absolute atomic E-state index is 12.8. The molecule has 1 fully saturated rings. The molecule has 1 saturated heterocycles. The molecule has 1 unspecified atom stereocenters. The Kier molecular flexibility index (Phi) is 4.16. The summed E-state index contributed by atoms with van der Waals surface area (Å²) in [5.74, 6) is 0.153. The highest BCUT2D eigenvalue weighted by atomic mass is 32.2. The second-order valence-corrected chi connectivity index (χ2v) is 8.98. The van der Waals surface area contributed by atoms with Gasteiger partial charge in [0.25, 0.3) is 5.56 Å². The normalized spacial score (nSPS) is 18.3. The van der Waals surface area contributed by atoms with E-state index in [1.807, 2.05) is 11.8 Å². The molecule has 1 amide bonds. The Morgan fingerprint density at radius 1 is 1.25 bits per heavy atom. The molecule has 24 heavy (non-hydrogen) atoms. The van der Waals surface area contributed by atoms with Gasteiger partial charge in [0.05, 0.1) is 10.6 Å². The van der Waals surface area contributed by atoms with E-state index in [0.29, 0.717) is 5.16 Å². The first-order valence-corrected chi connectivity index (χ1v) is 10.2. The third kappa shape index (κ3) is 2.58. The molecule has 2 aromatic rings. The van der Waals surface area contributed by atoms with Gasteiger partial charge in [-0.2, -0.15) is 0 Å². The van der Waals surface area contributed by atoms with Crippen molar-refractivity contribution in [2.24, 2.45) is 7.05 Å². The van der Waals surface area contributed by atoms with E-state index in [4.69, 9.17) is 4.98 Å². The highest BCUT2D eigenvalue weighted by Crippen LogP contribution is 2.36. The van der Waals surface area contributed by atoms with Gasteiger partial charge in [-0.25, -0.2) is 4.98 Å². The number of carbonyl (C=O) groups excluding carboxylic acids is 1. The van der Waals surface area contributed by atoms with Crippen LogP contribution in [0.2, 0.25) is 0 Å². The Morgan fingerprint density at radius 2 is 2.00 bits per heavy atom. The van der Waals surface area contributed by atoms with Crippen LogP contribution >= 0.6 is 23.1 Å². The zero-order valence-electron chi connectivity index (χ0n) is 14.0. The number of hydrogen-bond donors (Lipinski definition) is 0. The second-order valence-electron chi connectivity index (χ2n) is 6.59. The van der Waals surface area contributed by atoms with Gasteiger partial charge in [-0.15, -0.1) is 11.3 Å². The van der Waals surface area contributed by atoms with Crippen molar-refractivity contribution in [1.29, 1.82) is 0 Å². The predicted octanol–water partition coefficient (Wildman–Crippen LogP) is 2.59. The summed E-state index contributed by atoms with van der Waals surface area (Å²) in [7, 11) is 1.77. The third-order valence-electron chi connectivity index (χ3n) is 4.95. The van der Waals surface area contributed by atoms with Crippen molar-refractivity contribution in [3.05, 3.63) is 20.8 Å². The van der Waals surface area contributed by atoms with Crippen molar-refractivity contribution in [3.8, 4) is 0 Å². The standard InChI is InChI=1S/C17H21N3O2S2/c1-10(15(21)20-8-3-4-9-20)23-17-18-14-13(16(22)19(17)2)11-6-5-7-12(11)24-14/h10H,3-9H2,1-2H3. The van der Waals surface area contributed by atoms with E-state index >= 15 is 0 Å². The first-order valence-electron chi connectivity index (χ1n) is 8.53. The largest absolute Gasteiger partial charge is 0.342 e. The van der Waals surface area contributed by atoms with Crippen molar-refractivity contribution < 1.29 is 4.79 Å². The minimum absolute atomic E-state index is 0.0303. The number of carbonyl (C=O) groups is 1. The van der Waals surface area contributed by atoms with Crippen molar-refractivity contribution in [2.75, 3.05) is 13.1 Å². The Hall–Kier alpha value is -1.34. The summed E-state index contributed by atoms with van der Waals surface area (Å²) in [6.07, 6.45) is 5.37. The van der Waals surface area contributed by atoms with Gasteiger partial charge in [-0.3, -0.25) is 14.2 Å². The maximum atomic E-state index is 12.8. The van der Waals surface area contributed by atoms with Crippen LogP contribution in [0.3, 0.4) is 0 Å². The van der Waals surface area contributed by atoms with Crippen LogP contribution in [0.25, 0.3) is 10.2 Å². The van der Waals surface area contributed by atoms with Gasteiger partial charge in [-0.05, 0) is 44.6 Å². The van der Waals surface area contributed by atoms with E-state index in [0.717, 1.165) is 55.4 Å². The first kappa shape index (κ1) is 16.1. The summed E-state index contributed by atoms with van der Waals surface area (Å²) in [4.78, 5) is 34.1. The lowest BCUT2D eigenvalue weighted by atomic mass is 10.2. The number of hydrogen-bond acceptors (Lipinski definition) is 5. The fourth-order valence-electron chi connectivity index (χ4n) is 3.61. The quantitative estimate of drug-likeness (QED) is 0.621. The van der Waals surface area contributed by atoms with E-state index in [1.54, 1.807) is 23.0 Å². The number of rotatable bonds is 3. The highest BCUT2D eigenvalue weighted by Gasteiger charge is 2.27. The Balaban J connectivity index is 1.66. The van der Waals surface area contributed by atoms with Gasteiger partial charge < -0.3 is 4.90 Å². The van der Waals surface area contributed by atoms with Crippen LogP contribution in [-0.4, -0.2) is 38.7 Å². The number of aryl methyl sites for hydroxylation is 2. The van der Waals surface area contributed by atoms with Crippen LogP contribution in [0.5, 0.6) is 0 Å². The topological polar surface area (TPSA) is 55.2 Å². The Morgan fingerprint density at radius 3 is 2.75 bits per heavy atom. The molecule has 2 aromatic heterocycles. The summed E-state index contributed by atoms with van der Waals surface area (Å²) in [5, 5.41) is 1.23. The molecule has 128 valence electrons. The zero-order chi connectivity index (χ0) is 16.8. The monoisotopic (exact) mass is 363 g/mol. The van der Waals surface area contributed by atoms with Gasteiger partial charge in [0, 0.05) is 25.0 Å². The molecule has 1 aliphatic heterocycles. The molecule has 3 heterocycles. The SMILES string of the molecule is CC(Sc1nc2sc3c(c2c(=O)n1C)CCC3)C(=O)N1CCCC1. The summed E-state index contributed by atoms with van der Waals surface area (Å²) in [6.45, 7) is 3.62. The lowest BCUT2D eigenvalue weighted by molar-refractivity contribution is -0.129. The van der Waals surface area contributed by atoms with Crippen molar-refractivity contribution in [3.63, 3.8) is 0 Å². The summed E-state index contributed by atoms with van der Waals surface area (Å²) < 4.78 is 1.62. The molecule has 7 heteroatoms. The molecule has 0 saturated carbocycles. The fraction of sp³-hybridized carbons (Fsp3) is 0.588. The van der Waals surface area contributed by atoms with Crippen LogP contribution in [-0.2, 0) is 24.7 Å². The first-order chi connectivity index (χ1) is 11.6. The molecule has 0 radical (unpaired) electrons. The minimum Gasteiger partial charge on any atom is -0.342 e. The lowest BCUT2D eigenvalue weighted by Gasteiger charge is -2.20. The summed E-state index contributed by atoms with van der Waals surface area (Å²) in [6, 6.07) is 0. The summed E-state index contributed by atoms with van der Waals surface area (Å²) in [5.41, 5.74) is 1.24. The molecule has 0 aromatic carbocycles. The number of thiophene rings is 1. The lowest BCUT2D eigenvalue weighted by Crippen LogP contribution is -2.34. The van der Waals surface area contributed by atoms with Gasteiger partial charge in [0.1, 0.15) is 4.83 Å². The van der Waals surface area contributed by atoms with E-state index in [2.05, 4.69) is 0 Å². The molecule has 4 rings (SSSR count). The van der Waals surface area contributed by atoms with Crippen LogP contribution in [0.4, 0.5) is 0 Å². The number of amides is 1.